The van der Waals surface area contributed by atoms with Crippen molar-refractivity contribution < 1.29 is 14.6 Å². The van der Waals surface area contributed by atoms with Crippen LogP contribution in [0.3, 0.4) is 0 Å². The fourth-order valence-corrected chi connectivity index (χ4v) is 1.90. The number of aliphatic hydroxyl groups is 1. The SMILES string of the molecule is CC(=O)Oc1ccc2c(CCO)cccc2c1. The Bertz CT molecular complexity index is 546. The minimum absolute atomic E-state index is 0.130. The van der Waals surface area contributed by atoms with Crippen LogP contribution in [0.1, 0.15) is 12.5 Å². The predicted molar refractivity (Wildman–Crippen MR) is 66.0 cm³/mol. The Morgan fingerprint density at radius 2 is 2.12 bits per heavy atom. The van der Waals surface area contributed by atoms with E-state index in [1.807, 2.05) is 30.3 Å². The molecule has 0 radical (unpaired) electrons. The highest BCUT2D eigenvalue weighted by Crippen LogP contribution is 2.24. The smallest absolute Gasteiger partial charge is 0.308 e. The van der Waals surface area contributed by atoms with E-state index in [9.17, 15) is 4.79 Å². The van der Waals surface area contributed by atoms with Crippen molar-refractivity contribution in [1.29, 1.82) is 0 Å². The lowest BCUT2D eigenvalue weighted by atomic mass is 10.0. The average Bonchev–Trinajstić information content (AvgIpc) is 2.28. The second kappa shape index (κ2) is 4.97. The van der Waals surface area contributed by atoms with Crippen LogP contribution in [0, 0.1) is 0 Å². The summed E-state index contributed by atoms with van der Waals surface area (Å²) in [5.74, 6) is 0.224. The van der Waals surface area contributed by atoms with Crippen LogP contribution >= 0.6 is 0 Å². The van der Waals surface area contributed by atoms with Crippen molar-refractivity contribution in [2.45, 2.75) is 13.3 Å². The summed E-state index contributed by atoms with van der Waals surface area (Å²) < 4.78 is 5.03. The molecule has 0 fully saturated rings. The van der Waals surface area contributed by atoms with Gasteiger partial charge in [0.15, 0.2) is 0 Å². The summed E-state index contributed by atoms with van der Waals surface area (Å²) in [6.45, 7) is 1.51. The van der Waals surface area contributed by atoms with Crippen LogP contribution in [-0.4, -0.2) is 17.7 Å². The fraction of sp³-hybridized carbons (Fsp3) is 0.214. The third-order valence-corrected chi connectivity index (χ3v) is 2.58. The number of ether oxygens (including phenoxy) is 1. The number of aliphatic hydroxyl groups excluding tert-OH is 1. The molecular formula is C14H14O3. The normalized spacial score (nSPS) is 10.5. The fourth-order valence-electron chi connectivity index (χ4n) is 1.90. The van der Waals surface area contributed by atoms with Gasteiger partial charge in [0.1, 0.15) is 5.75 Å². The maximum absolute atomic E-state index is 10.9. The Morgan fingerprint density at radius 3 is 2.82 bits per heavy atom. The third kappa shape index (κ3) is 2.63. The first-order chi connectivity index (χ1) is 8.20. The highest BCUT2D eigenvalue weighted by atomic mass is 16.5. The van der Waals surface area contributed by atoms with Gasteiger partial charge in [-0.1, -0.05) is 24.3 Å². The van der Waals surface area contributed by atoms with Gasteiger partial charge in [0.2, 0.25) is 0 Å². The van der Waals surface area contributed by atoms with Gasteiger partial charge < -0.3 is 9.84 Å². The minimum atomic E-state index is -0.323. The van der Waals surface area contributed by atoms with Crippen LogP contribution < -0.4 is 4.74 Å². The number of fused-ring (bicyclic) bond motifs is 1. The molecule has 0 atom stereocenters. The Morgan fingerprint density at radius 1 is 1.29 bits per heavy atom. The van der Waals surface area contributed by atoms with E-state index in [1.54, 1.807) is 6.07 Å². The molecule has 0 aliphatic carbocycles. The van der Waals surface area contributed by atoms with E-state index in [4.69, 9.17) is 9.84 Å². The Kier molecular flexibility index (Phi) is 3.40. The monoisotopic (exact) mass is 230 g/mol. The summed E-state index contributed by atoms with van der Waals surface area (Å²) in [7, 11) is 0. The zero-order chi connectivity index (χ0) is 12.3. The number of carbonyl (C=O) groups excluding carboxylic acids is 1. The molecule has 0 bridgehead atoms. The summed E-state index contributed by atoms with van der Waals surface area (Å²) in [5.41, 5.74) is 1.10. The average molecular weight is 230 g/mol. The summed E-state index contributed by atoms with van der Waals surface area (Å²) in [6.07, 6.45) is 0.629. The predicted octanol–water partition coefficient (Wildman–Crippen LogP) is 2.30. The summed E-state index contributed by atoms with van der Waals surface area (Å²) in [4.78, 5) is 10.9. The molecule has 0 aliphatic heterocycles. The van der Waals surface area contributed by atoms with E-state index in [0.29, 0.717) is 12.2 Å². The first kappa shape index (κ1) is 11.6. The summed E-state index contributed by atoms with van der Waals surface area (Å²) >= 11 is 0. The van der Waals surface area contributed by atoms with Gasteiger partial charge in [-0.3, -0.25) is 4.79 Å². The van der Waals surface area contributed by atoms with Gasteiger partial charge in [-0.05, 0) is 34.9 Å². The highest BCUT2D eigenvalue weighted by molar-refractivity contribution is 5.87. The third-order valence-electron chi connectivity index (χ3n) is 2.58. The maximum atomic E-state index is 10.9. The second-order valence-electron chi connectivity index (χ2n) is 3.87. The van der Waals surface area contributed by atoms with Crippen LogP contribution in [0.5, 0.6) is 5.75 Å². The molecule has 2 aromatic carbocycles. The van der Waals surface area contributed by atoms with Gasteiger partial charge in [0.05, 0.1) is 0 Å². The van der Waals surface area contributed by atoms with Crippen molar-refractivity contribution in [3.8, 4) is 5.75 Å². The number of benzene rings is 2. The van der Waals surface area contributed by atoms with Crippen LogP contribution in [-0.2, 0) is 11.2 Å². The molecule has 0 amide bonds. The van der Waals surface area contributed by atoms with Crippen LogP contribution in [0.4, 0.5) is 0 Å². The molecule has 0 spiro atoms. The molecule has 0 unspecified atom stereocenters. The summed E-state index contributed by atoms with van der Waals surface area (Å²) in [6, 6.07) is 11.4. The molecule has 2 aromatic rings. The first-order valence-corrected chi connectivity index (χ1v) is 5.51. The Labute approximate surface area is 99.6 Å². The van der Waals surface area contributed by atoms with Gasteiger partial charge in [0.25, 0.3) is 0 Å². The van der Waals surface area contributed by atoms with Gasteiger partial charge in [-0.2, -0.15) is 0 Å². The van der Waals surface area contributed by atoms with Gasteiger partial charge in [-0.25, -0.2) is 0 Å². The zero-order valence-electron chi connectivity index (χ0n) is 9.64. The molecule has 0 aliphatic rings. The van der Waals surface area contributed by atoms with Crippen LogP contribution in [0.25, 0.3) is 10.8 Å². The molecular weight excluding hydrogens is 216 g/mol. The van der Waals surface area contributed by atoms with Crippen molar-refractivity contribution in [3.05, 3.63) is 42.0 Å². The molecule has 0 saturated heterocycles. The molecule has 0 aromatic heterocycles. The first-order valence-electron chi connectivity index (χ1n) is 5.51. The van der Waals surface area contributed by atoms with Crippen molar-refractivity contribution in [2.75, 3.05) is 6.61 Å². The van der Waals surface area contributed by atoms with E-state index < -0.39 is 0 Å². The van der Waals surface area contributed by atoms with Gasteiger partial charge in [-0.15, -0.1) is 0 Å². The maximum Gasteiger partial charge on any atom is 0.308 e. The topological polar surface area (TPSA) is 46.5 Å². The molecule has 3 nitrogen and oxygen atoms in total. The van der Waals surface area contributed by atoms with Gasteiger partial charge >= 0.3 is 5.97 Å². The van der Waals surface area contributed by atoms with E-state index in [1.165, 1.54) is 6.92 Å². The summed E-state index contributed by atoms with van der Waals surface area (Å²) in [5, 5.41) is 11.1. The van der Waals surface area contributed by atoms with Gasteiger partial charge in [0, 0.05) is 13.5 Å². The van der Waals surface area contributed by atoms with Crippen molar-refractivity contribution >= 4 is 16.7 Å². The number of rotatable bonds is 3. The van der Waals surface area contributed by atoms with E-state index in [2.05, 4.69) is 0 Å². The molecule has 17 heavy (non-hydrogen) atoms. The molecule has 1 N–H and O–H groups in total. The lowest BCUT2D eigenvalue weighted by molar-refractivity contribution is -0.131. The molecule has 88 valence electrons. The van der Waals surface area contributed by atoms with E-state index in [0.717, 1.165) is 16.3 Å². The standard InChI is InChI=1S/C14H14O3/c1-10(16)17-13-5-6-14-11(7-8-15)3-2-4-12(14)9-13/h2-6,9,15H,7-8H2,1H3. The number of esters is 1. The van der Waals surface area contributed by atoms with Crippen molar-refractivity contribution in [2.24, 2.45) is 0 Å². The number of hydrogen-bond donors (Lipinski definition) is 1. The Balaban J connectivity index is 2.45. The largest absolute Gasteiger partial charge is 0.427 e. The van der Waals surface area contributed by atoms with Crippen LogP contribution in [0.15, 0.2) is 36.4 Å². The van der Waals surface area contributed by atoms with Crippen LogP contribution in [0.2, 0.25) is 0 Å². The molecule has 2 rings (SSSR count). The lowest BCUT2D eigenvalue weighted by Gasteiger charge is -2.07. The minimum Gasteiger partial charge on any atom is -0.427 e. The highest BCUT2D eigenvalue weighted by Gasteiger charge is 2.03. The number of carbonyl (C=O) groups is 1. The molecule has 0 heterocycles. The van der Waals surface area contributed by atoms with E-state index in [-0.39, 0.29) is 12.6 Å². The molecule has 0 saturated carbocycles. The molecule has 3 heteroatoms. The number of hydrogen-bond acceptors (Lipinski definition) is 3. The second-order valence-corrected chi connectivity index (χ2v) is 3.87. The van der Waals surface area contributed by atoms with Crippen molar-refractivity contribution in [1.82, 2.24) is 0 Å². The zero-order valence-corrected chi connectivity index (χ0v) is 9.64. The Hall–Kier alpha value is -1.87. The van der Waals surface area contributed by atoms with E-state index >= 15 is 0 Å². The quantitative estimate of drug-likeness (QED) is 0.650. The van der Waals surface area contributed by atoms with Crippen molar-refractivity contribution in [3.63, 3.8) is 0 Å². The lowest BCUT2D eigenvalue weighted by Crippen LogP contribution is -2.01.